The summed E-state index contributed by atoms with van der Waals surface area (Å²) in [5, 5.41) is 20.9. The fourth-order valence-electron chi connectivity index (χ4n) is 4.47. The quantitative estimate of drug-likeness (QED) is 0.339. The summed E-state index contributed by atoms with van der Waals surface area (Å²) in [6, 6.07) is -0.277. The van der Waals surface area contributed by atoms with Gasteiger partial charge in [-0.3, -0.25) is 4.79 Å². The van der Waals surface area contributed by atoms with Gasteiger partial charge >= 0.3 is 5.97 Å². The number of carboxylic acids is 1. The van der Waals surface area contributed by atoms with Gasteiger partial charge in [0, 0.05) is 12.5 Å². The molecule has 10 heteroatoms. The van der Waals surface area contributed by atoms with Crippen molar-refractivity contribution >= 4 is 45.4 Å². The largest absolute Gasteiger partial charge is 0.477 e. The molecule has 0 aliphatic carbocycles. The zero-order valence-corrected chi connectivity index (χ0v) is 18.2. The number of nitrogens with two attached hydrogens (primary N) is 1. The fourth-order valence-corrected chi connectivity index (χ4v) is 6.72. The van der Waals surface area contributed by atoms with Crippen molar-refractivity contribution < 1.29 is 24.4 Å². The number of aromatic nitrogens is 2. The lowest BCUT2D eigenvalue weighted by molar-refractivity contribution is -0.735. The molecule has 1 fully saturated rings. The number of carboxylic acid groups (broad SMARTS) is 1. The molecule has 1 saturated heterocycles. The Morgan fingerprint density at radius 1 is 1.52 bits per heavy atom. The first-order valence-corrected chi connectivity index (χ1v) is 11.6. The Hall–Kier alpha value is -1.88. The zero-order valence-electron chi connectivity index (χ0n) is 16.6. The van der Waals surface area contributed by atoms with Gasteiger partial charge in [0.25, 0.3) is 5.82 Å². The van der Waals surface area contributed by atoms with Crippen LogP contribution in [0.3, 0.4) is 0 Å². The van der Waals surface area contributed by atoms with Crippen molar-refractivity contribution in [2.75, 3.05) is 12.8 Å². The van der Waals surface area contributed by atoms with Crippen molar-refractivity contribution in [2.45, 2.75) is 50.4 Å². The maximum atomic E-state index is 12.4. The summed E-state index contributed by atoms with van der Waals surface area (Å²) >= 11 is 3.21. The van der Waals surface area contributed by atoms with E-state index in [0.29, 0.717) is 18.5 Å². The summed E-state index contributed by atoms with van der Waals surface area (Å²) in [4.78, 5) is 27.7. The third-order valence-corrected chi connectivity index (χ3v) is 7.93. The molecule has 1 amide bonds. The number of β-lactam (4-membered cyclic amide) rings is 1. The van der Waals surface area contributed by atoms with E-state index in [1.165, 1.54) is 4.90 Å². The summed E-state index contributed by atoms with van der Waals surface area (Å²) in [5.74, 6) is -0.870. The second kappa shape index (κ2) is 7.42. The first-order chi connectivity index (χ1) is 13.8. The molecular weight excluding hydrogens is 412 g/mol. The SMILES string of the molecule is CSc1c2sc(C3=C(C(=O)O)N4C(=O)[C@H]([C@@H](C)O)[C@H]4C3)cn2c(C)[n+]1CCCN. The van der Waals surface area contributed by atoms with Crippen LogP contribution in [0.5, 0.6) is 0 Å². The Morgan fingerprint density at radius 3 is 2.83 bits per heavy atom. The third-order valence-electron chi connectivity index (χ3n) is 5.85. The number of aliphatic hydroxyl groups is 1. The van der Waals surface area contributed by atoms with Gasteiger partial charge in [-0.2, -0.15) is 4.40 Å². The monoisotopic (exact) mass is 437 g/mol. The van der Waals surface area contributed by atoms with Gasteiger partial charge in [-0.15, -0.1) is 0 Å². The molecule has 0 aromatic carbocycles. The Bertz CT molecular complexity index is 1040. The molecule has 0 radical (unpaired) electrons. The Morgan fingerprint density at radius 2 is 2.24 bits per heavy atom. The van der Waals surface area contributed by atoms with Gasteiger partial charge in [0.1, 0.15) is 11.9 Å². The average molecular weight is 438 g/mol. The van der Waals surface area contributed by atoms with Crippen LogP contribution in [-0.2, 0) is 16.1 Å². The Balaban J connectivity index is 1.79. The summed E-state index contributed by atoms with van der Waals surface area (Å²) < 4.78 is 4.34. The van der Waals surface area contributed by atoms with Crippen molar-refractivity contribution in [1.29, 1.82) is 0 Å². The number of carbonyl (C=O) groups is 2. The standard InChI is InChI=1S/C19H24N4O4S2/c1-9(24)14-12-7-11(15(19(26)27)23(12)16(14)25)13-8-22-10(2)21(6-4-5-20)17(28-3)18(22)29-13/h8-9,12,14,24H,4-7,20H2,1-3H3/p+1/t9-,12-,14-/m1/s1. The Kier molecular flexibility index (Phi) is 5.22. The smallest absolute Gasteiger partial charge is 0.352 e. The molecule has 0 spiro atoms. The number of nitrogens with zero attached hydrogens (tertiary/aromatic N) is 3. The molecule has 29 heavy (non-hydrogen) atoms. The third kappa shape index (κ3) is 2.92. The van der Waals surface area contributed by atoms with E-state index in [9.17, 15) is 19.8 Å². The number of carbonyl (C=O) groups excluding carboxylic acids is 1. The first kappa shape index (κ1) is 20.4. The predicted octanol–water partition coefficient (Wildman–Crippen LogP) is 1.07. The lowest BCUT2D eigenvalue weighted by atomic mass is 9.83. The van der Waals surface area contributed by atoms with E-state index in [1.807, 2.05) is 19.4 Å². The minimum Gasteiger partial charge on any atom is -0.477 e. The lowest BCUT2D eigenvalue weighted by Gasteiger charge is -2.44. The summed E-state index contributed by atoms with van der Waals surface area (Å²) in [7, 11) is 0. The van der Waals surface area contributed by atoms with Crippen LogP contribution >= 0.6 is 23.1 Å². The molecule has 4 heterocycles. The predicted molar refractivity (Wildman–Crippen MR) is 111 cm³/mol. The molecule has 4 N–H and O–H groups in total. The molecule has 156 valence electrons. The van der Waals surface area contributed by atoms with Crippen LogP contribution < -0.4 is 10.3 Å². The number of amides is 1. The molecule has 2 aromatic rings. The number of thiazole rings is 1. The fraction of sp³-hybridized carbons (Fsp3) is 0.526. The number of thioether (sulfide) groups is 1. The number of aryl methyl sites for hydroxylation is 1. The minimum atomic E-state index is -1.10. The molecular formula is C19H25N4O4S2+. The van der Waals surface area contributed by atoms with Gasteiger partial charge < -0.3 is 20.8 Å². The maximum Gasteiger partial charge on any atom is 0.352 e. The zero-order chi connectivity index (χ0) is 21.0. The Labute approximate surface area is 176 Å². The van der Waals surface area contributed by atoms with Crippen molar-refractivity contribution in [3.05, 3.63) is 22.6 Å². The average Bonchev–Trinajstić information content (AvgIpc) is 3.29. The van der Waals surface area contributed by atoms with E-state index in [4.69, 9.17) is 5.73 Å². The highest BCUT2D eigenvalue weighted by Gasteiger charge is 2.57. The maximum absolute atomic E-state index is 12.4. The number of fused-ring (bicyclic) bond motifs is 2. The van der Waals surface area contributed by atoms with E-state index in [0.717, 1.165) is 33.5 Å². The molecule has 2 aliphatic heterocycles. The van der Waals surface area contributed by atoms with E-state index < -0.39 is 18.0 Å². The second-order valence-corrected chi connectivity index (χ2v) is 9.32. The van der Waals surface area contributed by atoms with Crippen LogP contribution in [0, 0.1) is 12.8 Å². The molecule has 4 rings (SSSR count). The molecule has 0 saturated carbocycles. The van der Waals surface area contributed by atoms with Crippen molar-refractivity contribution in [3.63, 3.8) is 0 Å². The highest BCUT2D eigenvalue weighted by atomic mass is 32.2. The van der Waals surface area contributed by atoms with Crippen LogP contribution in [0.25, 0.3) is 10.4 Å². The van der Waals surface area contributed by atoms with E-state index in [1.54, 1.807) is 30.0 Å². The van der Waals surface area contributed by atoms with Gasteiger partial charge in [0.15, 0.2) is 0 Å². The van der Waals surface area contributed by atoms with Crippen LogP contribution in [0.1, 0.15) is 30.5 Å². The van der Waals surface area contributed by atoms with Crippen LogP contribution in [-0.4, -0.2) is 56.3 Å². The van der Waals surface area contributed by atoms with Crippen molar-refractivity contribution in [3.8, 4) is 0 Å². The van der Waals surface area contributed by atoms with Gasteiger partial charge in [-0.1, -0.05) is 23.1 Å². The number of hydrogen-bond acceptors (Lipinski definition) is 6. The van der Waals surface area contributed by atoms with Crippen molar-refractivity contribution in [2.24, 2.45) is 11.7 Å². The van der Waals surface area contributed by atoms with E-state index in [-0.39, 0.29) is 17.6 Å². The summed E-state index contributed by atoms with van der Waals surface area (Å²) in [6.07, 6.45) is 4.55. The molecule has 8 nitrogen and oxygen atoms in total. The van der Waals surface area contributed by atoms with E-state index in [2.05, 4.69) is 8.97 Å². The molecule has 3 atom stereocenters. The van der Waals surface area contributed by atoms with Crippen LogP contribution in [0.15, 0.2) is 16.9 Å². The van der Waals surface area contributed by atoms with Gasteiger partial charge in [-0.05, 0) is 32.6 Å². The molecule has 2 aliphatic rings. The van der Waals surface area contributed by atoms with E-state index >= 15 is 0 Å². The highest BCUT2D eigenvalue weighted by molar-refractivity contribution is 7.98. The molecule has 2 aromatic heterocycles. The van der Waals surface area contributed by atoms with Crippen molar-refractivity contribution in [1.82, 2.24) is 9.30 Å². The van der Waals surface area contributed by atoms with Crippen LogP contribution in [0.2, 0.25) is 0 Å². The van der Waals surface area contributed by atoms with Gasteiger partial charge in [0.2, 0.25) is 15.8 Å². The molecule has 0 bridgehead atoms. The second-order valence-electron chi connectivity index (χ2n) is 7.50. The lowest BCUT2D eigenvalue weighted by Crippen LogP contribution is -2.61. The number of imidazole rings is 1. The van der Waals surface area contributed by atoms with Gasteiger partial charge in [-0.25, -0.2) is 9.36 Å². The number of hydrogen-bond donors (Lipinski definition) is 3. The summed E-state index contributed by atoms with van der Waals surface area (Å²) in [6.45, 7) is 5.09. The van der Waals surface area contributed by atoms with Crippen LogP contribution in [0.4, 0.5) is 0 Å². The minimum absolute atomic E-state index is 0.0563. The summed E-state index contributed by atoms with van der Waals surface area (Å²) in [5.41, 5.74) is 6.41. The topological polar surface area (TPSA) is 112 Å². The number of rotatable bonds is 7. The first-order valence-electron chi connectivity index (χ1n) is 9.58. The number of aliphatic hydroxyl groups excluding tert-OH is 1. The molecule has 0 unspecified atom stereocenters. The van der Waals surface area contributed by atoms with Gasteiger partial charge in [0.05, 0.1) is 29.5 Å². The highest BCUT2D eigenvalue weighted by Crippen LogP contribution is 2.48. The number of aliphatic carboxylic acids is 1. The normalized spacial score (nSPS) is 22.4.